The van der Waals surface area contributed by atoms with Gasteiger partial charge in [-0.15, -0.1) is 0 Å². The lowest BCUT2D eigenvalue weighted by molar-refractivity contribution is -0.143. The van der Waals surface area contributed by atoms with Crippen molar-refractivity contribution < 1.29 is 9.59 Å². The lowest BCUT2D eigenvalue weighted by Crippen LogP contribution is -2.59. The van der Waals surface area contributed by atoms with Crippen molar-refractivity contribution in [3.05, 3.63) is 28.8 Å². The Hall–Kier alpha value is -1.59. The maximum Gasteiger partial charge on any atom is 0.226 e. The molecule has 2 atom stereocenters. The molecule has 2 amide bonds. The highest BCUT2D eigenvalue weighted by molar-refractivity contribution is 6.34. The first-order chi connectivity index (χ1) is 14.3. The van der Waals surface area contributed by atoms with Crippen LogP contribution in [0.3, 0.4) is 0 Å². The first-order valence-corrected chi connectivity index (χ1v) is 11.8. The molecule has 1 N–H and O–H groups in total. The Morgan fingerprint density at radius 3 is 2.37 bits per heavy atom. The maximum atomic E-state index is 13.0. The van der Waals surface area contributed by atoms with Gasteiger partial charge in [0.1, 0.15) is 0 Å². The zero-order valence-corrected chi connectivity index (χ0v) is 19.5. The predicted octanol–water partition coefficient (Wildman–Crippen LogP) is 4.94. The number of benzene rings is 1. The summed E-state index contributed by atoms with van der Waals surface area (Å²) in [5, 5.41) is 3.56. The van der Waals surface area contributed by atoms with Crippen LogP contribution in [0.4, 0.5) is 5.69 Å². The Bertz CT molecular complexity index is 749. The lowest BCUT2D eigenvalue weighted by Gasteiger charge is -2.45. The van der Waals surface area contributed by atoms with E-state index >= 15 is 0 Å². The van der Waals surface area contributed by atoms with Crippen LogP contribution in [0.5, 0.6) is 0 Å². The molecule has 0 aromatic heterocycles. The topological polar surface area (TPSA) is 52.7 Å². The molecule has 1 saturated heterocycles. The number of nitrogens with one attached hydrogen (secondary N) is 1. The van der Waals surface area contributed by atoms with E-state index in [9.17, 15) is 9.59 Å². The van der Waals surface area contributed by atoms with E-state index < -0.39 is 0 Å². The van der Waals surface area contributed by atoms with Gasteiger partial charge in [-0.3, -0.25) is 14.5 Å². The van der Waals surface area contributed by atoms with Gasteiger partial charge < -0.3 is 10.2 Å². The number of hydrogen-bond acceptors (Lipinski definition) is 3. The standard InChI is InChI=1S/C24H36ClN3O2/c1-16(2)12-22(29)26-21-11-7-10-20(23(21)25)15-27-13-17(3)28(18(4)14-27)24(30)19-8-5-6-9-19/h7,10-11,16-19H,5-6,8-9,12-15H2,1-4H3,(H,26,29). The molecule has 30 heavy (non-hydrogen) atoms. The molecule has 166 valence electrons. The summed E-state index contributed by atoms with van der Waals surface area (Å²) in [6, 6.07) is 6.20. The van der Waals surface area contributed by atoms with Crippen LogP contribution in [-0.2, 0) is 16.1 Å². The van der Waals surface area contributed by atoms with E-state index in [1.165, 1.54) is 12.8 Å². The first kappa shape index (κ1) is 23.1. The van der Waals surface area contributed by atoms with Gasteiger partial charge in [0.2, 0.25) is 11.8 Å². The Kier molecular flexibility index (Phi) is 7.81. The number of piperazine rings is 1. The fraction of sp³-hybridized carbons (Fsp3) is 0.667. The first-order valence-electron chi connectivity index (χ1n) is 11.4. The molecule has 0 radical (unpaired) electrons. The Morgan fingerprint density at radius 2 is 1.77 bits per heavy atom. The summed E-state index contributed by atoms with van der Waals surface area (Å²) in [7, 11) is 0. The Morgan fingerprint density at radius 1 is 1.13 bits per heavy atom. The second-order valence-electron chi connectivity index (χ2n) is 9.54. The van der Waals surface area contributed by atoms with Crippen molar-refractivity contribution in [2.24, 2.45) is 11.8 Å². The molecule has 2 unspecified atom stereocenters. The lowest BCUT2D eigenvalue weighted by atomic mass is 10.0. The second-order valence-corrected chi connectivity index (χ2v) is 9.92. The van der Waals surface area contributed by atoms with Crippen LogP contribution in [0.15, 0.2) is 18.2 Å². The van der Waals surface area contributed by atoms with Crippen molar-refractivity contribution in [2.45, 2.75) is 78.4 Å². The van der Waals surface area contributed by atoms with E-state index in [1.807, 2.05) is 32.0 Å². The quantitative estimate of drug-likeness (QED) is 0.691. The summed E-state index contributed by atoms with van der Waals surface area (Å²) >= 11 is 6.64. The monoisotopic (exact) mass is 433 g/mol. The minimum absolute atomic E-state index is 0.00895. The second kappa shape index (κ2) is 10.1. The number of carbonyl (C=O) groups excluding carboxylic acids is 2. The van der Waals surface area contributed by atoms with E-state index in [-0.39, 0.29) is 23.9 Å². The molecule has 1 aliphatic carbocycles. The molecule has 1 saturated carbocycles. The fourth-order valence-corrected chi connectivity index (χ4v) is 5.22. The van der Waals surface area contributed by atoms with Crippen molar-refractivity contribution in [3.63, 3.8) is 0 Å². The van der Waals surface area contributed by atoms with Crippen molar-refractivity contribution in [1.82, 2.24) is 9.80 Å². The number of carbonyl (C=O) groups is 2. The summed E-state index contributed by atoms with van der Waals surface area (Å²) < 4.78 is 0. The minimum Gasteiger partial charge on any atom is -0.334 e. The number of amides is 2. The van der Waals surface area contributed by atoms with Crippen molar-refractivity contribution in [3.8, 4) is 0 Å². The summed E-state index contributed by atoms with van der Waals surface area (Å²) in [4.78, 5) is 29.7. The number of nitrogens with zero attached hydrogens (tertiary/aromatic N) is 2. The number of halogens is 1. The molecule has 2 aliphatic rings. The Labute approximate surface area is 186 Å². The average molecular weight is 434 g/mol. The van der Waals surface area contributed by atoms with Crippen molar-refractivity contribution in [1.29, 1.82) is 0 Å². The third kappa shape index (κ3) is 5.55. The SMILES string of the molecule is CC(C)CC(=O)Nc1cccc(CN2CC(C)N(C(=O)C3CCCC3)C(C)C2)c1Cl. The van der Waals surface area contributed by atoms with Gasteiger partial charge in [0, 0.05) is 44.1 Å². The van der Waals surface area contributed by atoms with Crippen LogP contribution in [0.1, 0.15) is 65.4 Å². The maximum absolute atomic E-state index is 13.0. The predicted molar refractivity (Wildman–Crippen MR) is 123 cm³/mol. The van der Waals surface area contributed by atoms with E-state index in [0.717, 1.165) is 31.5 Å². The fourth-order valence-electron chi connectivity index (χ4n) is 4.99. The molecule has 1 heterocycles. The number of hydrogen-bond donors (Lipinski definition) is 1. The molecule has 2 fully saturated rings. The van der Waals surface area contributed by atoms with Gasteiger partial charge in [-0.05, 0) is 44.2 Å². The number of rotatable bonds is 6. The smallest absolute Gasteiger partial charge is 0.226 e. The van der Waals surface area contributed by atoms with Crippen LogP contribution in [0, 0.1) is 11.8 Å². The highest BCUT2D eigenvalue weighted by Crippen LogP contribution is 2.31. The molecular formula is C24H36ClN3O2. The zero-order valence-electron chi connectivity index (χ0n) is 18.8. The van der Waals surface area contributed by atoms with Crippen LogP contribution in [-0.4, -0.2) is 46.8 Å². The third-order valence-electron chi connectivity index (χ3n) is 6.29. The van der Waals surface area contributed by atoms with E-state index in [2.05, 4.69) is 29.0 Å². The van der Waals surface area contributed by atoms with Gasteiger partial charge in [0.25, 0.3) is 0 Å². The van der Waals surface area contributed by atoms with Crippen LogP contribution in [0.2, 0.25) is 5.02 Å². The summed E-state index contributed by atoms with van der Waals surface area (Å²) in [6.07, 6.45) is 4.93. The molecule has 1 aromatic rings. The molecule has 1 aromatic carbocycles. The van der Waals surface area contributed by atoms with E-state index in [1.54, 1.807) is 0 Å². The van der Waals surface area contributed by atoms with Gasteiger partial charge in [-0.2, -0.15) is 0 Å². The molecule has 5 nitrogen and oxygen atoms in total. The molecule has 3 rings (SSSR count). The zero-order chi connectivity index (χ0) is 21.8. The average Bonchev–Trinajstić information content (AvgIpc) is 3.18. The third-order valence-corrected chi connectivity index (χ3v) is 6.74. The normalized spacial score (nSPS) is 23.2. The van der Waals surface area contributed by atoms with Gasteiger partial charge >= 0.3 is 0 Å². The molecular weight excluding hydrogens is 398 g/mol. The van der Waals surface area contributed by atoms with E-state index in [4.69, 9.17) is 11.6 Å². The molecule has 0 bridgehead atoms. The van der Waals surface area contributed by atoms with Crippen molar-refractivity contribution >= 4 is 29.1 Å². The van der Waals surface area contributed by atoms with Gasteiger partial charge in [-0.25, -0.2) is 0 Å². The largest absolute Gasteiger partial charge is 0.334 e. The van der Waals surface area contributed by atoms with Gasteiger partial charge in [0.15, 0.2) is 0 Å². The number of anilines is 1. The highest BCUT2D eigenvalue weighted by atomic mass is 35.5. The van der Waals surface area contributed by atoms with Crippen LogP contribution in [0.25, 0.3) is 0 Å². The highest BCUT2D eigenvalue weighted by Gasteiger charge is 2.37. The summed E-state index contributed by atoms with van der Waals surface area (Å²) in [6.45, 7) is 10.7. The van der Waals surface area contributed by atoms with Crippen LogP contribution < -0.4 is 5.32 Å². The molecule has 1 aliphatic heterocycles. The summed E-state index contributed by atoms with van der Waals surface area (Å²) in [5.74, 6) is 0.866. The van der Waals surface area contributed by atoms with Gasteiger partial charge in [0.05, 0.1) is 10.7 Å². The Balaban J connectivity index is 1.64. The van der Waals surface area contributed by atoms with Gasteiger partial charge in [-0.1, -0.05) is 50.4 Å². The van der Waals surface area contributed by atoms with Crippen molar-refractivity contribution in [2.75, 3.05) is 18.4 Å². The van der Waals surface area contributed by atoms with Crippen LogP contribution >= 0.6 is 11.6 Å². The summed E-state index contributed by atoms with van der Waals surface area (Å²) in [5.41, 5.74) is 1.69. The molecule has 6 heteroatoms. The minimum atomic E-state index is -0.00895. The molecule has 0 spiro atoms. The van der Waals surface area contributed by atoms with E-state index in [0.29, 0.717) is 35.5 Å².